The highest BCUT2D eigenvalue weighted by atomic mass is 19.4. The van der Waals surface area contributed by atoms with Gasteiger partial charge in [0.15, 0.2) is 0 Å². The van der Waals surface area contributed by atoms with Crippen molar-refractivity contribution in [3.8, 4) is 0 Å². The highest BCUT2D eigenvalue weighted by Crippen LogP contribution is 2.25. The molecule has 0 heterocycles. The van der Waals surface area contributed by atoms with E-state index in [0.717, 1.165) is 5.56 Å². The molecule has 1 aromatic rings. The van der Waals surface area contributed by atoms with Crippen molar-refractivity contribution in [3.05, 3.63) is 35.9 Å². The van der Waals surface area contributed by atoms with E-state index in [9.17, 15) is 18.3 Å². The maximum absolute atomic E-state index is 12.0. The zero-order valence-corrected chi connectivity index (χ0v) is 12.1. The molecular formula is C15H22F3NO2. The molecule has 0 saturated carbocycles. The molecule has 3 nitrogen and oxygen atoms in total. The Morgan fingerprint density at radius 1 is 1.10 bits per heavy atom. The zero-order valence-electron chi connectivity index (χ0n) is 12.1. The molecule has 1 rings (SSSR count). The fourth-order valence-corrected chi connectivity index (χ4v) is 2.19. The number of alkyl halides is 3. The SMILES string of the molecule is CCNC(CO)(CCOCCC(F)(F)F)c1ccccc1. The van der Waals surface area contributed by atoms with Crippen molar-refractivity contribution in [2.75, 3.05) is 26.4 Å². The van der Waals surface area contributed by atoms with Crippen LogP contribution in [0.2, 0.25) is 0 Å². The molecule has 0 radical (unpaired) electrons. The molecule has 1 unspecified atom stereocenters. The van der Waals surface area contributed by atoms with Gasteiger partial charge < -0.3 is 15.2 Å². The smallest absolute Gasteiger partial charge is 0.391 e. The standard InChI is InChI=1S/C15H22F3NO2/c1-2-19-14(12-20,13-6-4-3-5-7-13)8-10-21-11-9-15(16,17)18/h3-7,19-20H,2,8-12H2,1H3. The molecule has 0 aliphatic rings. The maximum Gasteiger partial charge on any atom is 0.391 e. The molecule has 0 aliphatic heterocycles. The van der Waals surface area contributed by atoms with Gasteiger partial charge in [-0.3, -0.25) is 0 Å². The van der Waals surface area contributed by atoms with Gasteiger partial charge in [0.25, 0.3) is 0 Å². The van der Waals surface area contributed by atoms with Crippen molar-refractivity contribution < 1.29 is 23.0 Å². The lowest BCUT2D eigenvalue weighted by Crippen LogP contribution is -2.46. The molecule has 0 saturated heterocycles. The Bertz CT molecular complexity index is 398. The average molecular weight is 305 g/mol. The summed E-state index contributed by atoms with van der Waals surface area (Å²) in [4.78, 5) is 0. The van der Waals surface area contributed by atoms with E-state index < -0.39 is 18.1 Å². The second kappa shape index (κ2) is 8.36. The summed E-state index contributed by atoms with van der Waals surface area (Å²) in [6, 6.07) is 9.36. The van der Waals surface area contributed by atoms with Gasteiger partial charge in [0.05, 0.1) is 25.2 Å². The fourth-order valence-electron chi connectivity index (χ4n) is 2.19. The van der Waals surface area contributed by atoms with Crippen LogP contribution in [0.3, 0.4) is 0 Å². The van der Waals surface area contributed by atoms with Gasteiger partial charge in [-0.15, -0.1) is 0 Å². The second-order valence-electron chi connectivity index (χ2n) is 4.86. The molecule has 0 aromatic heterocycles. The van der Waals surface area contributed by atoms with Gasteiger partial charge in [-0.2, -0.15) is 13.2 Å². The van der Waals surface area contributed by atoms with Gasteiger partial charge in [-0.1, -0.05) is 37.3 Å². The van der Waals surface area contributed by atoms with Crippen LogP contribution in [0.5, 0.6) is 0 Å². The number of halogens is 3. The number of benzene rings is 1. The van der Waals surface area contributed by atoms with E-state index in [0.29, 0.717) is 13.0 Å². The summed E-state index contributed by atoms with van der Waals surface area (Å²) < 4.78 is 41.2. The topological polar surface area (TPSA) is 41.5 Å². The summed E-state index contributed by atoms with van der Waals surface area (Å²) in [5.74, 6) is 0. The van der Waals surface area contributed by atoms with Gasteiger partial charge in [0.2, 0.25) is 0 Å². The van der Waals surface area contributed by atoms with Gasteiger partial charge >= 0.3 is 6.18 Å². The van der Waals surface area contributed by atoms with E-state index in [1.54, 1.807) is 0 Å². The fraction of sp³-hybridized carbons (Fsp3) is 0.600. The van der Waals surface area contributed by atoms with E-state index in [4.69, 9.17) is 4.74 Å². The number of nitrogens with one attached hydrogen (secondary N) is 1. The molecule has 0 amide bonds. The number of hydrogen-bond acceptors (Lipinski definition) is 3. The number of rotatable bonds is 9. The molecule has 1 aromatic carbocycles. The Balaban J connectivity index is 2.59. The molecule has 6 heteroatoms. The second-order valence-corrected chi connectivity index (χ2v) is 4.86. The molecular weight excluding hydrogens is 283 g/mol. The van der Waals surface area contributed by atoms with Crippen molar-refractivity contribution in [3.63, 3.8) is 0 Å². The van der Waals surface area contributed by atoms with E-state index in [1.807, 2.05) is 37.3 Å². The lowest BCUT2D eigenvalue weighted by atomic mass is 9.87. The summed E-state index contributed by atoms with van der Waals surface area (Å²) in [6.45, 7) is 2.20. The Morgan fingerprint density at radius 2 is 1.71 bits per heavy atom. The van der Waals surface area contributed by atoms with E-state index in [-0.39, 0.29) is 19.8 Å². The van der Waals surface area contributed by atoms with Crippen LogP contribution >= 0.6 is 0 Å². The summed E-state index contributed by atoms with van der Waals surface area (Å²) >= 11 is 0. The molecule has 0 fully saturated rings. The number of aliphatic hydroxyl groups is 1. The van der Waals surface area contributed by atoms with Crippen LogP contribution in [0.1, 0.15) is 25.3 Å². The highest BCUT2D eigenvalue weighted by molar-refractivity contribution is 5.24. The summed E-state index contributed by atoms with van der Waals surface area (Å²) in [7, 11) is 0. The predicted molar refractivity (Wildman–Crippen MR) is 75.0 cm³/mol. The van der Waals surface area contributed by atoms with Crippen molar-refractivity contribution in [2.24, 2.45) is 0 Å². The number of likely N-dealkylation sites (N-methyl/N-ethyl adjacent to an activating group) is 1. The van der Waals surface area contributed by atoms with E-state index in [2.05, 4.69) is 5.32 Å². The molecule has 21 heavy (non-hydrogen) atoms. The van der Waals surface area contributed by atoms with Gasteiger partial charge in [0.1, 0.15) is 0 Å². The third-order valence-corrected chi connectivity index (χ3v) is 3.31. The van der Waals surface area contributed by atoms with Crippen LogP contribution < -0.4 is 5.32 Å². The maximum atomic E-state index is 12.0. The number of hydrogen-bond donors (Lipinski definition) is 2. The van der Waals surface area contributed by atoms with E-state index >= 15 is 0 Å². The summed E-state index contributed by atoms with van der Waals surface area (Å²) in [6.07, 6.45) is -4.75. The first-order valence-electron chi connectivity index (χ1n) is 6.99. The molecule has 1 atom stereocenters. The predicted octanol–water partition coefficient (Wildman–Crippen LogP) is 2.84. The lowest BCUT2D eigenvalue weighted by molar-refractivity contribution is -0.145. The van der Waals surface area contributed by atoms with Crippen LogP contribution in [-0.2, 0) is 10.3 Å². The molecule has 0 spiro atoms. The first-order chi connectivity index (χ1) is 9.93. The minimum atomic E-state index is -4.20. The third-order valence-electron chi connectivity index (χ3n) is 3.31. The van der Waals surface area contributed by atoms with Crippen molar-refractivity contribution in [1.82, 2.24) is 5.32 Å². The number of aliphatic hydroxyl groups excluding tert-OH is 1. The Hall–Kier alpha value is -1.11. The quantitative estimate of drug-likeness (QED) is 0.689. The van der Waals surface area contributed by atoms with Crippen LogP contribution in [-0.4, -0.2) is 37.6 Å². The van der Waals surface area contributed by atoms with Crippen LogP contribution in [0.15, 0.2) is 30.3 Å². The Morgan fingerprint density at radius 3 is 2.24 bits per heavy atom. The zero-order chi connectivity index (χ0) is 15.8. The molecule has 120 valence electrons. The van der Waals surface area contributed by atoms with Crippen LogP contribution in [0.4, 0.5) is 13.2 Å². The van der Waals surface area contributed by atoms with Gasteiger partial charge in [0, 0.05) is 6.61 Å². The van der Waals surface area contributed by atoms with Crippen molar-refractivity contribution in [1.29, 1.82) is 0 Å². The Kier molecular flexibility index (Phi) is 7.14. The van der Waals surface area contributed by atoms with Crippen molar-refractivity contribution in [2.45, 2.75) is 31.5 Å². The molecule has 0 bridgehead atoms. The van der Waals surface area contributed by atoms with Crippen molar-refractivity contribution >= 4 is 0 Å². The Labute approximate surface area is 123 Å². The summed E-state index contributed by atoms with van der Waals surface area (Å²) in [5.41, 5.74) is 0.211. The first-order valence-corrected chi connectivity index (χ1v) is 6.99. The highest BCUT2D eigenvalue weighted by Gasteiger charge is 2.31. The van der Waals surface area contributed by atoms with Gasteiger partial charge in [-0.25, -0.2) is 0 Å². The van der Waals surface area contributed by atoms with Crippen LogP contribution in [0.25, 0.3) is 0 Å². The lowest BCUT2D eigenvalue weighted by Gasteiger charge is -2.33. The molecule has 0 aliphatic carbocycles. The van der Waals surface area contributed by atoms with Crippen LogP contribution in [0, 0.1) is 0 Å². The normalized spacial score (nSPS) is 14.9. The monoisotopic (exact) mass is 305 g/mol. The van der Waals surface area contributed by atoms with E-state index in [1.165, 1.54) is 0 Å². The third kappa shape index (κ3) is 6.03. The minimum absolute atomic E-state index is 0.145. The minimum Gasteiger partial charge on any atom is -0.394 e. The number of ether oxygens (including phenoxy) is 1. The van der Waals surface area contributed by atoms with Gasteiger partial charge in [-0.05, 0) is 18.5 Å². The largest absolute Gasteiger partial charge is 0.394 e. The average Bonchev–Trinajstić information content (AvgIpc) is 2.45. The first kappa shape index (κ1) is 17.9. The molecule has 2 N–H and O–H groups in total. The summed E-state index contributed by atoms with van der Waals surface area (Å²) in [5, 5.41) is 13.0.